The SMILES string of the molecule is CCCCOc1cc(Cc2cnc3c(N)nc(OC(CCC)CCO)nn23)cc(OC)c1. The third-order valence-corrected chi connectivity index (χ3v) is 5.10. The van der Waals surface area contributed by atoms with Gasteiger partial charge in [0.05, 0.1) is 25.6 Å². The molecule has 32 heavy (non-hydrogen) atoms. The molecule has 0 spiro atoms. The molecule has 0 aliphatic carbocycles. The Kier molecular flexibility index (Phi) is 8.49. The molecule has 1 aromatic carbocycles. The van der Waals surface area contributed by atoms with Crippen molar-refractivity contribution in [3.8, 4) is 17.5 Å². The molecule has 9 heteroatoms. The van der Waals surface area contributed by atoms with Crippen LogP contribution in [0.25, 0.3) is 5.65 Å². The normalized spacial score (nSPS) is 12.1. The number of anilines is 1. The van der Waals surface area contributed by atoms with Crippen molar-refractivity contribution in [3.63, 3.8) is 0 Å². The number of nitrogens with two attached hydrogens (primary N) is 1. The van der Waals surface area contributed by atoms with E-state index in [1.54, 1.807) is 17.8 Å². The maximum Gasteiger partial charge on any atom is 0.336 e. The molecule has 174 valence electrons. The molecule has 0 amide bonds. The van der Waals surface area contributed by atoms with E-state index in [1.165, 1.54) is 0 Å². The number of unbranched alkanes of at least 4 members (excludes halogenated alkanes) is 1. The summed E-state index contributed by atoms with van der Waals surface area (Å²) in [6, 6.07) is 6.02. The summed E-state index contributed by atoms with van der Waals surface area (Å²) in [6.45, 7) is 4.90. The first-order valence-electron chi connectivity index (χ1n) is 11.2. The first kappa shape index (κ1) is 23.6. The number of ether oxygens (including phenoxy) is 3. The maximum atomic E-state index is 9.29. The summed E-state index contributed by atoms with van der Waals surface area (Å²) in [5.74, 6) is 1.74. The van der Waals surface area contributed by atoms with E-state index in [1.807, 2.05) is 18.2 Å². The van der Waals surface area contributed by atoms with Crippen LogP contribution in [-0.2, 0) is 6.42 Å². The number of hydrogen-bond donors (Lipinski definition) is 2. The van der Waals surface area contributed by atoms with Crippen molar-refractivity contribution in [3.05, 3.63) is 35.7 Å². The van der Waals surface area contributed by atoms with Gasteiger partial charge in [-0.2, -0.15) is 4.98 Å². The minimum atomic E-state index is -0.171. The van der Waals surface area contributed by atoms with E-state index in [4.69, 9.17) is 19.9 Å². The third kappa shape index (κ3) is 6.00. The lowest BCUT2D eigenvalue weighted by Crippen LogP contribution is -2.20. The molecule has 0 bridgehead atoms. The van der Waals surface area contributed by atoms with E-state index >= 15 is 0 Å². The molecule has 3 N–H and O–H groups in total. The molecule has 3 aromatic rings. The molecule has 2 aromatic heterocycles. The van der Waals surface area contributed by atoms with Gasteiger partial charge < -0.3 is 25.1 Å². The third-order valence-electron chi connectivity index (χ3n) is 5.10. The topological polar surface area (TPSA) is 117 Å². The van der Waals surface area contributed by atoms with E-state index in [-0.39, 0.29) is 24.5 Å². The summed E-state index contributed by atoms with van der Waals surface area (Å²) in [7, 11) is 1.64. The standard InChI is InChI=1S/C23H33N5O4/c1-4-6-10-31-20-13-16(12-19(14-20)30-3)11-17-15-25-22-21(24)26-23(27-28(17)22)32-18(7-5-2)8-9-29/h12-15,18,29H,4-11H2,1-3H3,(H2,24,26,27). The fraction of sp³-hybridized carbons (Fsp3) is 0.522. The Labute approximate surface area is 188 Å². The van der Waals surface area contributed by atoms with Gasteiger partial charge in [0.2, 0.25) is 0 Å². The quantitative estimate of drug-likeness (QED) is 0.386. The van der Waals surface area contributed by atoms with Gasteiger partial charge in [0.1, 0.15) is 17.6 Å². The van der Waals surface area contributed by atoms with Crippen LogP contribution in [0.3, 0.4) is 0 Å². The number of nitrogens with zero attached hydrogens (tertiary/aromatic N) is 4. The number of methoxy groups -OCH3 is 1. The van der Waals surface area contributed by atoms with Crippen LogP contribution in [0, 0.1) is 0 Å². The van der Waals surface area contributed by atoms with Crippen LogP contribution in [0.1, 0.15) is 57.2 Å². The van der Waals surface area contributed by atoms with Crippen LogP contribution in [0.4, 0.5) is 5.82 Å². The zero-order valence-electron chi connectivity index (χ0n) is 19.1. The van der Waals surface area contributed by atoms with Crippen molar-refractivity contribution >= 4 is 11.5 Å². The molecular weight excluding hydrogens is 410 g/mol. The largest absolute Gasteiger partial charge is 0.497 e. The number of hydrogen-bond acceptors (Lipinski definition) is 8. The Morgan fingerprint density at radius 1 is 1.12 bits per heavy atom. The minimum absolute atomic E-state index is 0.0389. The monoisotopic (exact) mass is 443 g/mol. The van der Waals surface area contributed by atoms with Crippen LogP contribution in [0.2, 0.25) is 0 Å². The highest BCUT2D eigenvalue weighted by Crippen LogP contribution is 2.26. The maximum absolute atomic E-state index is 9.29. The molecule has 1 unspecified atom stereocenters. The van der Waals surface area contributed by atoms with Crippen LogP contribution in [-0.4, -0.2) is 51.1 Å². The second kappa shape index (κ2) is 11.5. The predicted octanol–water partition coefficient (Wildman–Crippen LogP) is 3.41. The van der Waals surface area contributed by atoms with Gasteiger partial charge in [-0.05, 0) is 30.5 Å². The van der Waals surface area contributed by atoms with Gasteiger partial charge in [-0.3, -0.25) is 0 Å². The lowest BCUT2D eigenvalue weighted by molar-refractivity contribution is 0.133. The number of nitrogen functional groups attached to an aromatic ring is 1. The summed E-state index contributed by atoms with van der Waals surface area (Å²) >= 11 is 0. The Bertz CT molecular complexity index is 1000. The lowest BCUT2D eigenvalue weighted by Gasteiger charge is -2.16. The van der Waals surface area contributed by atoms with Crippen molar-refractivity contribution in [1.82, 2.24) is 19.6 Å². The first-order chi connectivity index (χ1) is 15.6. The predicted molar refractivity (Wildman–Crippen MR) is 122 cm³/mol. The molecule has 0 saturated heterocycles. The molecule has 0 radical (unpaired) electrons. The van der Waals surface area contributed by atoms with E-state index in [0.29, 0.717) is 25.1 Å². The molecule has 0 aliphatic rings. The highest BCUT2D eigenvalue weighted by atomic mass is 16.5. The van der Waals surface area contributed by atoms with Gasteiger partial charge in [-0.25, -0.2) is 9.50 Å². The van der Waals surface area contributed by atoms with Gasteiger partial charge >= 0.3 is 6.01 Å². The first-order valence-corrected chi connectivity index (χ1v) is 11.2. The molecule has 1 atom stereocenters. The van der Waals surface area contributed by atoms with Gasteiger partial charge in [-0.1, -0.05) is 26.7 Å². The van der Waals surface area contributed by atoms with E-state index in [2.05, 4.69) is 28.9 Å². The Balaban J connectivity index is 1.87. The molecule has 3 rings (SSSR count). The lowest BCUT2D eigenvalue weighted by atomic mass is 10.1. The minimum Gasteiger partial charge on any atom is -0.497 e. The number of aliphatic hydroxyl groups excluding tert-OH is 1. The van der Waals surface area contributed by atoms with Crippen LogP contribution in [0.5, 0.6) is 17.5 Å². The zero-order valence-corrected chi connectivity index (χ0v) is 19.1. The molecule has 9 nitrogen and oxygen atoms in total. The molecule has 0 saturated carbocycles. The average Bonchev–Trinajstić information content (AvgIpc) is 3.17. The Morgan fingerprint density at radius 2 is 1.94 bits per heavy atom. The fourth-order valence-electron chi connectivity index (χ4n) is 3.45. The van der Waals surface area contributed by atoms with E-state index < -0.39 is 0 Å². The second-order valence-corrected chi connectivity index (χ2v) is 7.70. The number of aliphatic hydroxyl groups is 1. The van der Waals surface area contributed by atoms with Gasteiger partial charge in [0.15, 0.2) is 11.5 Å². The number of benzene rings is 1. The molecular formula is C23H33N5O4. The van der Waals surface area contributed by atoms with Gasteiger partial charge in [0, 0.05) is 25.5 Å². The number of aromatic nitrogens is 4. The summed E-state index contributed by atoms with van der Waals surface area (Å²) < 4.78 is 18.9. The van der Waals surface area contributed by atoms with E-state index in [0.717, 1.165) is 48.4 Å². The summed E-state index contributed by atoms with van der Waals surface area (Å²) in [5.41, 5.74) is 8.43. The summed E-state index contributed by atoms with van der Waals surface area (Å²) in [4.78, 5) is 8.64. The molecule has 2 heterocycles. The smallest absolute Gasteiger partial charge is 0.336 e. The number of imidazole rings is 1. The number of rotatable bonds is 13. The van der Waals surface area contributed by atoms with Crippen molar-refractivity contribution in [1.29, 1.82) is 0 Å². The molecule has 0 aliphatic heterocycles. The summed E-state index contributed by atoms with van der Waals surface area (Å²) in [5, 5.41) is 13.8. The highest BCUT2D eigenvalue weighted by Gasteiger charge is 2.16. The number of fused-ring (bicyclic) bond motifs is 1. The van der Waals surface area contributed by atoms with E-state index in [9.17, 15) is 5.11 Å². The fourth-order valence-corrected chi connectivity index (χ4v) is 3.45. The van der Waals surface area contributed by atoms with Crippen LogP contribution < -0.4 is 19.9 Å². The Morgan fingerprint density at radius 3 is 2.66 bits per heavy atom. The van der Waals surface area contributed by atoms with Crippen molar-refractivity contribution in [2.45, 2.75) is 58.5 Å². The van der Waals surface area contributed by atoms with Crippen molar-refractivity contribution < 1.29 is 19.3 Å². The van der Waals surface area contributed by atoms with Crippen molar-refractivity contribution in [2.75, 3.05) is 26.1 Å². The summed E-state index contributed by atoms with van der Waals surface area (Å²) in [6.07, 6.45) is 6.41. The van der Waals surface area contributed by atoms with Gasteiger partial charge in [0.25, 0.3) is 0 Å². The van der Waals surface area contributed by atoms with Gasteiger partial charge in [-0.15, -0.1) is 5.10 Å². The molecule has 0 fully saturated rings. The Hall–Kier alpha value is -3.07. The highest BCUT2D eigenvalue weighted by molar-refractivity contribution is 5.60. The zero-order chi connectivity index (χ0) is 22.9. The van der Waals surface area contributed by atoms with Crippen LogP contribution in [0.15, 0.2) is 24.4 Å². The average molecular weight is 444 g/mol. The second-order valence-electron chi connectivity index (χ2n) is 7.70. The van der Waals surface area contributed by atoms with Crippen LogP contribution >= 0.6 is 0 Å². The van der Waals surface area contributed by atoms with Crippen molar-refractivity contribution in [2.24, 2.45) is 0 Å².